The quantitative estimate of drug-likeness (QED) is 0.920. The van der Waals surface area contributed by atoms with Crippen LogP contribution in [0.4, 0.5) is 4.39 Å². The van der Waals surface area contributed by atoms with Gasteiger partial charge in [-0.1, -0.05) is 15.9 Å². The van der Waals surface area contributed by atoms with Crippen LogP contribution < -0.4 is 5.32 Å². The Kier molecular flexibility index (Phi) is 4.49. The van der Waals surface area contributed by atoms with Gasteiger partial charge in [0.1, 0.15) is 5.82 Å². The van der Waals surface area contributed by atoms with Crippen molar-refractivity contribution in [3.05, 3.63) is 52.8 Å². The molecule has 1 heterocycles. The van der Waals surface area contributed by atoms with Crippen molar-refractivity contribution in [1.82, 2.24) is 14.9 Å². The molecule has 96 valence electrons. The Hall–Kier alpha value is -1.20. The van der Waals surface area contributed by atoms with E-state index in [1.807, 2.05) is 10.8 Å². The number of imidazole rings is 1. The van der Waals surface area contributed by atoms with E-state index in [-0.39, 0.29) is 11.9 Å². The molecule has 0 fully saturated rings. The molecule has 0 spiro atoms. The molecule has 0 saturated heterocycles. The minimum atomic E-state index is -0.211. The second-order valence-electron chi connectivity index (χ2n) is 4.28. The highest BCUT2D eigenvalue weighted by Crippen LogP contribution is 2.17. The van der Waals surface area contributed by atoms with Gasteiger partial charge in [0.15, 0.2) is 0 Å². The molecule has 1 aromatic heterocycles. The van der Waals surface area contributed by atoms with Gasteiger partial charge in [0.25, 0.3) is 0 Å². The molecule has 0 aliphatic heterocycles. The molecular weight excluding hydrogens is 297 g/mol. The summed E-state index contributed by atoms with van der Waals surface area (Å²) in [6.45, 7) is 3.56. The summed E-state index contributed by atoms with van der Waals surface area (Å²) in [5, 5.41) is 3.36. The first-order chi connectivity index (χ1) is 8.65. The molecule has 0 saturated carbocycles. The van der Waals surface area contributed by atoms with Gasteiger partial charge in [0, 0.05) is 36.0 Å². The molecule has 2 aromatic rings. The van der Waals surface area contributed by atoms with E-state index in [0.29, 0.717) is 6.54 Å². The summed E-state index contributed by atoms with van der Waals surface area (Å²) in [6.07, 6.45) is 5.47. The molecule has 1 atom stereocenters. The lowest BCUT2D eigenvalue weighted by Crippen LogP contribution is -2.29. The summed E-state index contributed by atoms with van der Waals surface area (Å²) < 4.78 is 16.1. The Balaban J connectivity index is 1.89. The van der Waals surface area contributed by atoms with Crippen molar-refractivity contribution < 1.29 is 4.39 Å². The molecule has 1 aromatic carbocycles. The lowest BCUT2D eigenvalue weighted by molar-refractivity contribution is 0.475. The standard InChI is InChI=1S/C13H15BrFN3/c1-10(8-18-5-4-16-9-18)17-7-11-6-12(15)2-3-13(11)14/h2-6,9-10,17H,7-8H2,1H3. The molecule has 0 amide bonds. The number of hydrogen-bond acceptors (Lipinski definition) is 2. The van der Waals surface area contributed by atoms with E-state index in [9.17, 15) is 4.39 Å². The topological polar surface area (TPSA) is 29.9 Å². The largest absolute Gasteiger partial charge is 0.336 e. The third-order valence-electron chi connectivity index (χ3n) is 2.69. The van der Waals surface area contributed by atoms with E-state index in [1.54, 1.807) is 24.7 Å². The third kappa shape index (κ3) is 3.65. The number of halogens is 2. The number of nitrogens with one attached hydrogen (secondary N) is 1. The Bertz CT molecular complexity index is 499. The Morgan fingerprint density at radius 3 is 3.06 bits per heavy atom. The number of benzene rings is 1. The SMILES string of the molecule is CC(Cn1ccnc1)NCc1cc(F)ccc1Br. The molecule has 0 aliphatic carbocycles. The van der Waals surface area contributed by atoms with E-state index in [1.165, 1.54) is 6.07 Å². The Labute approximate surface area is 114 Å². The molecule has 1 N–H and O–H groups in total. The van der Waals surface area contributed by atoms with Crippen molar-refractivity contribution in [2.24, 2.45) is 0 Å². The first-order valence-corrected chi connectivity index (χ1v) is 6.57. The van der Waals surface area contributed by atoms with Crippen LogP contribution >= 0.6 is 15.9 Å². The highest BCUT2D eigenvalue weighted by Gasteiger charge is 2.05. The van der Waals surface area contributed by atoms with Crippen LogP contribution in [0.5, 0.6) is 0 Å². The number of hydrogen-bond donors (Lipinski definition) is 1. The first-order valence-electron chi connectivity index (χ1n) is 5.78. The zero-order chi connectivity index (χ0) is 13.0. The minimum Gasteiger partial charge on any atom is -0.336 e. The van der Waals surface area contributed by atoms with Crippen molar-refractivity contribution in [3.8, 4) is 0 Å². The minimum absolute atomic E-state index is 0.211. The zero-order valence-corrected chi connectivity index (χ0v) is 11.7. The van der Waals surface area contributed by atoms with Crippen LogP contribution in [0.25, 0.3) is 0 Å². The average Bonchev–Trinajstić information content (AvgIpc) is 2.83. The van der Waals surface area contributed by atoms with Gasteiger partial charge >= 0.3 is 0 Å². The number of aromatic nitrogens is 2. The van der Waals surface area contributed by atoms with Crippen LogP contribution in [-0.2, 0) is 13.1 Å². The van der Waals surface area contributed by atoms with Crippen LogP contribution in [0.2, 0.25) is 0 Å². The Morgan fingerprint density at radius 2 is 2.33 bits per heavy atom. The normalized spacial score (nSPS) is 12.6. The predicted molar refractivity (Wildman–Crippen MR) is 72.6 cm³/mol. The summed E-state index contributed by atoms with van der Waals surface area (Å²) in [5.41, 5.74) is 0.924. The maximum atomic E-state index is 13.1. The lowest BCUT2D eigenvalue weighted by Gasteiger charge is -2.15. The van der Waals surface area contributed by atoms with Crippen LogP contribution in [0, 0.1) is 5.82 Å². The molecular formula is C13H15BrFN3. The zero-order valence-electron chi connectivity index (χ0n) is 10.1. The van der Waals surface area contributed by atoms with Crippen molar-refractivity contribution in [2.75, 3.05) is 0 Å². The highest BCUT2D eigenvalue weighted by molar-refractivity contribution is 9.10. The van der Waals surface area contributed by atoms with Gasteiger partial charge in [-0.3, -0.25) is 0 Å². The van der Waals surface area contributed by atoms with E-state index in [4.69, 9.17) is 0 Å². The van der Waals surface area contributed by atoms with Crippen molar-refractivity contribution in [2.45, 2.75) is 26.1 Å². The molecule has 1 unspecified atom stereocenters. The second-order valence-corrected chi connectivity index (χ2v) is 5.13. The second kappa shape index (κ2) is 6.11. The molecule has 5 heteroatoms. The summed E-state index contributed by atoms with van der Waals surface area (Å²) >= 11 is 3.42. The van der Waals surface area contributed by atoms with E-state index in [0.717, 1.165) is 16.6 Å². The average molecular weight is 312 g/mol. The van der Waals surface area contributed by atoms with Crippen LogP contribution in [-0.4, -0.2) is 15.6 Å². The molecule has 18 heavy (non-hydrogen) atoms. The van der Waals surface area contributed by atoms with Crippen molar-refractivity contribution in [3.63, 3.8) is 0 Å². The van der Waals surface area contributed by atoms with E-state index < -0.39 is 0 Å². The number of rotatable bonds is 5. The van der Waals surface area contributed by atoms with Crippen molar-refractivity contribution in [1.29, 1.82) is 0 Å². The molecule has 2 rings (SSSR count). The molecule has 0 bridgehead atoms. The van der Waals surface area contributed by atoms with Gasteiger partial charge < -0.3 is 9.88 Å². The van der Waals surface area contributed by atoms with Crippen molar-refractivity contribution >= 4 is 15.9 Å². The van der Waals surface area contributed by atoms with Gasteiger partial charge in [0.2, 0.25) is 0 Å². The third-order valence-corrected chi connectivity index (χ3v) is 3.47. The maximum absolute atomic E-state index is 13.1. The monoisotopic (exact) mass is 311 g/mol. The smallest absolute Gasteiger partial charge is 0.123 e. The molecule has 0 radical (unpaired) electrons. The van der Waals surface area contributed by atoms with Gasteiger partial charge in [0.05, 0.1) is 6.33 Å². The summed E-state index contributed by atoms with van der Waals surface area (Å²) in [6, 6.07) is 5.01. The fourth-order valence-electron chi connectivity index (χ4n) is 1.74. The summed E-state index contributed by atoms with van der Waals surface area (Å²) in [5.74, 6) is -0.211. The summed E-state index contributed by atoms with van der Waals surface area (Å²) in [7, 11) is 0. The molecule has 0 aliphatic rings. The van der Waals surface area contributed by atoms with Gasteiger partial charge in [-0.2, -0.15) is 0 Å². The Morgan fingerprint density at radius 1 is 1.50 bits per heavy atom. The van der Waals surface area contributed by atoms with Gasteiger partial charge in [-0.15, -0.1) is 0 Å². The maximum Gasteiger partial charge on any atom is 0.123 e. The van der Waals surface area contributed by atoms with Gasteiger partial charge in [-0.05, 0) is 30.7 Å². The fraction of sp³-hybridized carbons (Fsp3) is 0.308. The van der Waals surface area contributed by atoms with E-state index in [2.05, 4.69) is 33.2 Å². The first kappa shape index (κ1) is 13.2. The van der Waals surface area contributed by atoms with Crippen LogP contribution in [0.3, 0.4) is 0 Å². The van der Waals surface area contributed by atoms with E-state index >= 15 is 0 Å². The molecule has 3 nitrogen and oxygen atoms in total. The summed E-state index contributed by atoms with van der Waals surface area (Å²) in [4.78, 5) is 4.00. The predicted octanol–water partition coefficient (Wildman–Crippen LogP) is 2.96. The van der Waals surface area contributed by atoms with Crippen LogP contribution in [0.15, 0.2) is 41.4 Å². The fourth-order valence-corrected chi connectivity index (χ4v) is 2.13. The highest BCUT2D eigenvalue weighted by atomic mass is 79.9. The number of nitrogens with zero attached hydrogens (tertiary/aromatic N) is 2. The van der Waals surface area contributed by atoms with Gasteiger partial charge in [-0.25, -0.2) is 9.37 Å². The lowest BCUT2D eigenvalue weighted by atomic mass is 10.2. The van der Waals surface area contributed by atoms with Crippen LogP contribution in [0.1, 0.15) is 12.5 Å².